The van der Waals surface area contributed by atoms with Crippen LogP contribution in [0.4, 0.5) is 0 Å². The molecule has 4 atom stereocenters. The molecular weight excluding hydrogens is 436 g/mol. The molecule has 10 nitrogen and oxygen atoms in total. The van der Waals surface area contributed by atoms with Crippen LogP contribution in [-0.2, 0) is 14.3 Å². The molecule has 0 radical (unpaired) electrons. The van der Waals surface area contributed by atoms with Crippen molar-refractivity contribution in [1.29, 1.82) is 0 Å². The Morgan fingerprint density at radius 2 is 1.10 bits per heavy atom. The van der Waals surface area contributed by atoms with Gasteiger partial charge in [0.15, 0.2) is 12.3 Å². The zero-order valence-electron chi connectivity index (χ0n) is 20.0. The van der Waals surface area contributed by atoms with Crippen LogP contribution < -0.4 is 0 Å². The number of carboxylic acid groups (broad SMARTS) is 1. The number of hydrogen-bond donors (Lipinski definition) is 5. The van der Waals surface area contributed by atoms with Gasteiger partial charge in [-0.1, -0.05) is 0 Å². The van der Waals surface area contributed by atoms with Gasteiger partial charge in [0.25, 0.3) is 0 Å². The summed E-state index contributed by atoms with van der Waals surface area (Å²) in [5, 5.41) is 47.6. The van der Waals surface area contributed by atoms with Gasteiger partial charge >= 0.3 is 49.7 Å². The van der Waals surface area contributed by atoms with E-state index in [2.05, 4.69) is 0 Å². The Labute approximate surface area is 215 Å². The molecule has 5 N–H and O–H groups in total. The Morgan fingerprint density at radius 1 is 0.742 bits per heavy atom. The van der Waals surface area contributed by atoms with E-state index in [-0.39, 0.29) is 61.9 Å². The summed E-state index contributed by atoms with van der Waals surface area (Å²) in [5.74, 6) is -2.39. The maximum atomic E-state index is 13.1. The zero-order valence-corrected chi connectivity index (χ0v) is 22.2. The molecule has 178 valence electrons. The zero-order chi connectivity index (χ0) is 23.9. The van der Waals surface area contributed by atoms with Gasteiger partial charge in [0.2, 0.25) is 0 Å². The van der Waals surface area contributed by atoms with E-state index < -0.39 is 49.1 Å². The molecule has 0 aromatic rings. The molecule has 0 saturated carbocycles. The minimum atomic E-state index is -2.28. The number of esters is 1. The van der Waals surface area contributed by atoms with Gasteiger partial charge in [0.1, 0.15) is 24.9 Å². The first kappa shape index (κ1) is 33.1. The number of carboxylic acids is 1. The number of carbonyl (C=O) groups excluding carboxylic acids is 1. The Bertz CT molecular complexity index is 511. The standard InChI is InChI=1S/C20H40N2O8.Ca/c1-10(2)21(11(3)4)18(22(12(5)6)13(7)8)20(29)30-9-14(23)15(24)16(25)17(26)19(27)28;/h10-18,23-26H,9H2,1-8H3,(H,27,28);/q;+2. The second-order valence-electron chi connectivity index (χ2n) is 8.60. The number of aliphatic hydroxyl groups is 4. The first-order valence-corrected chi connectivity index (χ1v) is 10.3. The van der Waals surface area contributed by atoms with E-state index in [0.717, 1.165) is 0 Å². The average Bonchev–Trinajstić information content (AvgIpc) is 2.61. The van der Waals surface area contributed by atoms with Crippen LogP contribution in [0, 0.1) is 0 Å². The summed E-state index contributed by atoms with van der Waals surface area (Å²) in [5.41, 5.74) is 0. The Morgan fingerprint density at radius 3 is 1.39 bits per heavy atom. The number of aliphatic carboxylic acids is 1. The summed E-state index contributed by atoms with van der Waals surface area (Å²) in [6.07, 6.45) is -8.98. The van der Waals surface area contributed by atoms with Crippen LogP contribution in [0.2, 0.25) is 0 Å². The Hall–Kier alpha value is -0.0403. The van der Waals surface area contributed by atoms with E-state index >= 15 is 0 Å². The van der Waals surface area contributed by atoms with E-state index in [0.29, 0.717) is 0 Å². The number of hydrogen-bond acceptors (Lipinski definition) is 9. The van der Waals surface area contributed by atoms with Crippen LogP contribution in [0.3, 0.4) is 0 Å². The van der Waals surface area contributed by atoms with Crippen molar-refractivity contribution in [3.63, 3.8) is 0 Å². The molecular formula is C20H40CaN2O8+2. The summed E-state index contributed by atoms with van der Waals surface area (Å²) in [4.78, 5) is 27.8. The number of ether oxygens (including phenoxy) is 1. The van der Waals surface area contributed by atoms with Crippen LogP contribution in [0.5, 0.6) is 0 Å². The largest absolute Gasteiger partial charge is 2.00 e. The fraction of sp³-hybridized carbons (Fsp3) is 0.900. The third-order valence-electron chi connectivity index (χ3n) is 4.88. The van der Waals surface area contributed by atoms with Gasteiger partial charge in [0, 0.05) is 24.2 Å². The molecule has 0 saturated heterocycles. The van der Waals surface area contributed by atoms with Gasteiger partial charge in [-0.05, 0) is 55.4 Å². The van der Waals surface area contributed by atoms with Crippen LogP contribution in [0.15, 0.2) is 0 Å². The van der Waals surface area contributed by atoms with Crippen molar-refractivity contribution in [1.82, 2.24) is 9.80 Å². The predicted molar refractivity (Wildman–Crippen MR) is 116 cm³/mol. The van der Waals surface area contributed by atoms with Crippen LogP contribution >= 0.6 is 0 Å². The minimum Gasteiger partial charge on any atom is -0.479 e. The summed E-state index contributed by atoms with van der Waals surface area (Å²) in [6.45, 7) is 15.0. The molecule has 0 bridgehead atoms. The first-order valence-electron chi connectivity index (χ1n) is 10.3. The summed E-state index contributed by atoms with van der Waals surface area (Å²) < 4.78 is 5.27. The number of rotatable bonds is 13. The van der Waals surface area contributed by atoms with Crippen LogP contribution in [-0.4, -0.2) is 146 Å². The quantitative estimate of drug-likeness (QED) is 0.130. The van der Waals surface area contributed by atoms with Gasteiger partial charge in [0.05, 0.1) is 0 Å². The van der Waals surface area contributed by atoms with Crippen molar-refractivity contribution in [2.24, 2.45) is 0 Å². The van der Waals surface area contributed by atoms with Crippen molar-refractivity contribution in [3.8, 4) is 0 Å². The van der Waals surface area contributed by atoms with Gasteiger partial charge in [-0.2, -0.15) is 0 Å². The van der Waals surface area contributed by atoms with Gasteiger partial charge < -0.3 is 30.3 Å². The SMILES string of the molecule is CC(C)N(C(C)C)C(C(=O)OCC(O)C(O)C(O)C(O)C(=O)O)N(C(C)C)C(C)C.[Ca+2]. The minimum absolute atomic E-state index is 0. The van der Waals surface area contributed by atoms with Gasteiger partial charge in [-0.3, -0.25) is 9.80 Å². The second-order valence-corrected chi connectivity index (χ2v) is 8.60. The fourth-order valence-electron chi connectivity index (χ4n) is 3.62. The maximum absolute atomic E-state index is 13.1. The second kappa shape index (κ2) is 15.0. The maximum Gasteiger partial charge on any atom is 2.00 e. The van der Waals surface area contributed by atoms with Crippen molar-refractivity contribution in [2.75, 3.05) is 6.61 Å². The molecule has 0 aliphatic carbocycles. The molecule has 0 aliphatic rings. The van der Waals surface area contributed by atoms with Crippen molar-refractivity contribution in [3.05, 3.63) is 0 Å². The molecule has 11 heteroatoms. The van der Waals surface area contributed by atoms with Crippen molar-refractivity contribution in [2.45, 2.75) is 110 Å². The van der Waals surface area contributed by atoms with E-state index in [1.807, 2.05) is 65.2 Å². The van der Waals surface area contributed by atoms with Crippen LogP contribution in [0.1, 0.15) is 55.4 Å². The van der Waals surface area contributed by atoms with E-state index in [9.17, 15) is 30.0 Å². The third-order valence-corrected chi connectivity index (χ3v) is 4.88. The smallest absolute Gasteiger partial charge is 0.479 e. The van der Waals surface area contributed by atoms with E-state index in [1.165, 1.54) is 0 Å². The molecule has 0 rings (SSSR count). The number of nitrogens with zero attached hydrogens (tertiary/aromatic N) is 2. The molecule has 0 aromatic carbocycles. The molecule has 0 heterocycles. The van der Waals surface area contributed by atoms with E-state index in [1.54, 1.807) is 0 Å². The molecule has 0 amide bonds. The molecule has 0 fully saturated rings. The Balaban J connectivity index is 0. The summed E-state index contributed by atoms with van der Waals surface area (Å²) in [7, 11) is 0. The topological polar surface area (TPSA) is 151 Å². The van der Waals surface area contributed by atoms with E-state index in [4.69, 9.17) is 9.84 Å². The summed E-state index contributed by atoms with van der Waals surface area (Å²) in [6, 6.07) is 0.0207. The van der Waals surface area contributed by atoms with Crippen molar-refractivity contribution >= 4 is 49.7 Å². The molecule has 0 spiro atoms. The third kappa shape index (κ3) is 9.77. The van der Waals surface area contributed by atoms with Crippen LogP contribution in [0.25, 0.3) is 0 Å². The Kier molecular flexibility index (Phi) is 16.0. The average molecular weight is 477 g/mol. The normalized spacial score (nSPS) is 16.2. The molecule has 0 aliphatic heterocycles. The fourth-order valence-corrected chi connectivity index (χ4v) is 3.62. The van der Waals surface area contributed by atoms with Crippen molar-refractivity contribution < 1.29 is 39.9 Å². The van der Waals surface area contributed by atoms with Gasteiger partial charge in [-0.25, -0.2) is 9.59 Å². The molecule has 31 heavy (non-hydrogen) atoms. The molecule has 4 unspecified atom stereocenters. The molecule has 0 aromatic heterocycles. The predicted octanol–water partition coefficient (Wildman–Crippen LogP) is -0.759. The van der Waals surface area contributed by atoms with Gasteiger partial charge in [-0.15, -0.1) is 0 Å². The number of carbonyl (C=O) groups is 2. The number of aliphatic hydroxyl groups excluding tert-OH is 4. The monoisotopic (exact) mass is 476 g/mol. The summed E-state index contributed by atoms with van der Waals surface area (Å²) >= 11 is 0. The first-order chi connectivity index (χ1) is 13.6.